The van der Waals surface area contributed by atoms with Gasteiger partial charge in [-0.05, 0) is 43.2 Å². The number of aromatic nitrogens is 2. The number of benzene rings is 2. The van der Waals surface area contributed by atoms with Gasteiger partial charge in [0, 0.05) is 24.7 Å². The molecule has 0 spiro atoms. The molecule has 1 fully saturated rings. The van der Waals surface area contributed by atoms with Crippen molar-refractivity contribution in [3.05, 3.63) is 46.5 Å². The van der Waals surface area contributed by atoms with Crippen molar-refractivity contribution >= 4 is 28.1 Å². The SMILES string of the molecule is Nc1ccc(-c2nc3cc(N4CCCCN4)ccc3[nH]2)cc1[N+](=O)[O-]. The maximum absolute atomic E-state index is 11.1. The maximum atomic E-state index is 11.1. The Morgan fingerprint density at radius 3 is 2.84 bits per heavy atom. The van der Waals surface area contributed by atoms with Crippen LogP contribution in [-0.4, -0.2) is 28.0 Å². The summed E-state index contributed by atoms with van der Waals surface area (Å²) in [5.74, 6) is 0.585. The largest absolute Gasteiger partial charge is 0.393 e. The quantitative estimate of drug-likeness (QED) is 0.384. The molecule has 0 unspecified atom stereocenters. The highest BCUT2D eigenvalue weighted by molar-refractivity contribution is 5.83. The van der Waals surface area contributed by atoms with E-state index < -0.39 is 4.92 Å². The molecule has 1 aliphatic heterocycles. The number of nitrogens with one attached hydrogen (secondary N) is 2. The van der Waals surface area contributed by atoms with Crippen molar-refractivity contribution in [2.45, 2.75) is 12.8 Å². The third-order valence-corrected chi connectivity index (χ3v) is 4.39. The predicted octanol–water partition coefficient (Wildman–Crippen LogP) is 2.83. The van der Waals surface area contributed by atoms with Gasteiger partial charge in [-0.2, -0.15) is 0 Å². The van der Waals surface area contributed by atoms with Crippen LogP contribution in [0.25, 0.3) is 22.4 Å². The third kappa shape index (κ3) is 2.87. The van der Waals surface area contributed by atoms with Crippen LogP contribution in [0.4, 0.5) is 17.1 Å². The van der Waals surface area contributed by atoms with Crippen molar-refractivity contribution in [2.24, 2.45) is 0 Å². The van der Waals surface area contributed by atoms with Gasteiger partial charge in [0.05, 0.1) is 21.6 Å². The number of rotatable bonds is 3. The molecule has 2 heterocycles. The molecule has 0 amide bonds. The molecule has 0 atom stereocenters. The fourth-order valence-corrected chi connectivity index (χ4v) is 3.06. The Morgan fingerprint density at radius 2 is 2.08 bits per heavy atom. The Morgan fingerprint density at radius 1 is 1.20 bits per heavy atom. The van der Waals surface area contributed by atoms with Crippen LogP contribution in [0.5, 0.6) is 0 Å². The van der Waals surface area contributed by atoms with Gasteiger partial charge in [-0.25, -0.2) is 10.4 Å². The van der Waals surface area contributed by atoms with Crippen LogP contribution in [-0.2, 0) is 0 Å². The Labute approximate surface area is 143 Å². The van der Waals surface area contributed by atoms with Crippen LogP contribution in [0.1, 0.15) is 12.8 Å². The average Bonchev–Trinajstić information content (AvgIpc) is 3.05. The lowest BCUT2D eigenvalue weighted by Gasteiger charge is -2.29. The number of H-pyrrole nitrogens is 1. The molecule has 8 heteroatoms. The van der Waals surface area contributed by atoms with Gasteiger partial charge in [0.1, 0.15) is 11.5 Å². The lowest BCUT2D eigenvalue weighted by Crippen LogP contribution is -2.43. The van der Waals surface area contributed by atoms with Gasteiger partial charge in [0.25, 0.3) is 5.69 Å². The van der Waals surface area contributed by atoms with E-state index in [1.54, 1.807) is 6.07 Å². The van der Waals surface area contributed by atoms with Crippen LogP contribution in [0.15, 0.2) is 36.4 Å². The number of nitro groups is 1. The molecule has 4 N–H and O–H groups in total. The molecule has 25 heavy (non-hydrogen) atoms. The van der Waals surface area contributed by atoms with E-state index in [1.807, 2.05) is 18.2 Å². The molecule has 0 bridgehead atoms. The number of hydrazine groups is 1. The number of nitro benzene ring substituents is 1. The zero-order chi connectivity index (χ0) is 17.4. The molecule has 8 nitrogen and oxygen atoms in total. The van der Waals surface area contributed by atoms with E-state index in [0.717, 1.165) is 36.2 Å². The van der Waals surface area contributed by atoms with E-state index in [1.165, 1.54) is 18.6 Å². The highest BCUT2D eigenvalue weighted by atomic mass is 16.6. The number of nitrogen functional groups attached to an aromatic ring is 1. The summed E-state index contributed by atoms with van der Waals surface area (Å²) in [6.07, 6.45) is 2.34. The van der Waals surface area contributed by atoms with Gasteiger partial charge in [0.15, 0.2) is 0 Å². The molecule has 1 aromatic heterocycles. The third-order valence-electron chi connectivity index (χ3n) is 4.39. The number of imidazole rings is 1. The summed E-state index contributed by atoms with van der Waals surface area (Å²) in [6.45, 7) is 1.94. The van der Waals surface area contributed by atoms with Crippen LogP contribution < -0.4 is 16.2 Å². The van der Waals surface area contributed by atoms with Gasteiger partial charge in [0.2, 0.25) is 0 Å². The molecule has 2 aromatic carbocycles. The number of hydrogen-bond donors (Lipinski definition) is 3. The molecule has 4 rings (SSSR count). The first-order valence-electron chi connectivity index (χ1n) is 8.17. The summed E-state index contributed by atoms with van der Waals surface area (Å²) < 4.78 is 0. The average molecular weight is 338 g/mol. The Balaban J connectivity index is 1.71. The number of nitrogens with zero attached hydrogens (tertiary/aromatic N) is 3. The zero-order valence-electron chi connectivity index (χ0n) is 13.5. The molecule has 1 aliphatic rings. The summed E-state index contributed by atoms with van der Waals surface area (Å²) in [7, 11) is 0. The van der Waals surface area contributed by atoms with Crippen molar-refractivity contribution in [3.8, 4) is 11.4 Å². The maximum Gasteiger partial charge on any atom is 0.292 e. The lowest BCUT2D eigenvalue weighted by molar-refractivity contribution is -0.383. The monoisotopic (exact) mass is 338 g/mol. The Bertz CT molecular complexity index is 945. The smallest absolute Gasteiger partial charge is 0.292 e. The highest BCUT2D eigenvalue weighted by Gasteiger charge is 2.16. The fraction of sp³-hybridized carbons (Fsp3) is 0.235. The minimum atomic E-state index is -0.485. The summed E-state index contributed by atoms with van der Waals surface area (Å²) in [5, 5.41) is 13.2. The molecular weight excluding hydrogens is 320 g/mol. The normalized spacial score (nSPS) is 14.8. The van der Waals surface area contributed by atoms with Crippen molar-refractivity contribution in [3.63, 3.8) is 0 Å². The summed E-state index contributed by atoms with van der Waals surface area (Å²) in [5.41, 5.74) is 12.5. The number of anilines is 2. The second kappa shape index (κ2) is 6.06. The first-order chi connectivity index (χ1) is 12.1. The number of hydrogen-bond acceptors (Lipinski definition) is 6. The summed E-state index contributed by atoms with van der Waals surface area (Å²) in [6, 6.07) is 10.7. The minimum absolute atomic E-state index is 0.115. The first-order valence-corrected chi connectivity index (χ1v) is 8.17. The fourth-order valence-electron chi connectivity index (χ4n) is 3.06. The molecule has 0 aliphatic carbocycles. The number of nitrogens with two attached hydrogens (primary N) is 1. The van der Waals surface area contributed by atoms with Gasteiger partial charge in [-0.15, -0.1) is 0 Å². The molecule has 0 saturated carbocycles. The number of aromatic amines is 1. The molecule has 3 aromatic rings. The second-order valence-electron chi connectivity index (χ2n) is 6.08. The molecule has 0 radical (unpaired) electrons. The van der Waals surface area contributed by atoms with Gasteiger partial charge >= 0.3 is 0 Å². The van der Waals surface area contributed by atoms with Crippen molar-refractivity contribution in [1.29, 1.82) is 0 Å². The van der Waals surface area contributed by atoms with E-state index in [0.29, 0.717) is 11.4 Å². The molecule has 128 valence electrons. The minimum Gasteiger partial charge on any atom is -0.393 e. The second-order valence-corrected chi connectivity index (χ2v) is 6.08. The predicted molar refractivity (Wildman–Crippen MR) is 97.2 cm³/mol. The Kier molecular flexibility index (Phi) is 3.73. The topological polar surface area (TPSA) is 113 Å². The van der Waals surface area contributed by atoms with Crippen molar-refractivity contribution in [1.82, 2.24) is 15.4 Å². The van der Waals surface area contributed by atoms with Crippen LogP contribution in [0.3, 0.4) is 0 Å². The Hall–Kier alpha value is -3.13. The van der Waals surface area contributed by atoms with Crippen LogP contribution in [0.2, 0.25) is 0 Å². The van der Waals surface area contributed by atoms with Gasteiger partial charge in [-0.1, -0.05) is 0 Å². The van der Waals surface area contributed by atoms with Crippen LogP contribution >= 0.6 is 0 Å². The van der Waals surface area contributed by atoms with Gasteiger partial charge in [-0.3, -0.25) is 10.1 Å². The van der Waals surface area contributed by atoms with E-state index in [2.05, 4.69) is 20.4 Å². The van der Waals surface area contributed by atoms with Crippen LogP contribution in [0, 0.1) is 10.1 Å². The van der Waals surface area contributed by atoms with E-state index in [-0.39, 0.29) is 11.4 Å². The van der Waals surface area contributed by atoms with E-state index in [4.69, 9.17) is 5.73 Å². The van der Waals surface area contributed by atoms with Crippen molar-refractivity contribution in [2.75, 3.05) is 23.8 Å². The van der Waals surface area contributed by atoms with E-state index >= 15 is 0 Å². The number of fused-ring (bicyclic) bond motifs is 1. The molecular formula is C17H18N6O2. The van der Waals surface area contributed by atoms with E-state index in [9.17, 15) is 10.1 Å². The standard InChI is InChI=1S/C17H18N6O2/c18-13-5-3-11(9-16(13)23(24)25)17-20-14-6-4-12(10-15(14)21-17)22-8-2-1-7-19-22/h3-6,9-10,19H,1-2,7-8,18H2,(H,20,21). The summed E-state index contributed by atoms with van der Waals surface area (Å²) >= 11 is 0. The zero-order valence-corrected chi connectivity index (χ0v) is 13.5. The summed E-state index contributed by atoms with van der Waals surface area (Å²) in [4.78, 5) is 18.4. The lowest BCUT2D eigenvalue weighted by atomic mass is 10.1. The van der Waals surface area contributed by atoms with Crippen molar-refractivity contribution < 1.29 is 4.92 Å². The highest BCUT2D eigenvalue weighted by Crippen LogP contribution is 2.29. The molecule has 1 saturated heterocycles. The first kappa shape index (κ1) is 15.4. The van der Waals surface area contributed by atoms with Gasteiger partial charge < -0.3 is 15.7 Å².